The van der Waals surface area contributed by atoms with Crippen LogP contribution in [0.15, 0.2) is 35.2 Å². The normalized spacial score (nSPS) is 21.1. The van der Waals surface area contributed by atoms with Crippen molar-refractivity contribution in [1.82, 2.24) is 0 Å². The Balaban J connectivity index is 2.56. The highest BCUT2D eigenvalue weighted by atomic mass is 32.2. The van der Waals surface area contributed by atoms with Crippen LogP contribution in [0.4, 0.5) is 5.69 Å². The van der Waals surface area contributed by atoms with Crippen molar-refractivity contribution in [2.24, 2.45) is 0 Å². The molecular weight excluding hydrogens is 238 g/mol. The first kappa shape index (κ1) is 10.4. The number of sulfone groups is 1. The van der Waals surface area contributed by atoms with Crippen molar-refractivity contribution in [3.05, 3.63) is 30.3 Å². The molecule has 0 amide bonds. The summed E-state index contributed by atoms with van der Waals surface area (Å²) in [5.41, 5.74) is 0.746. The summed E-state index contributed by atoms with van der Waals surface area (Å²) < 4.78 is 24.3. The van der Waals surface area contributed by atoms with Gasteiger partial charge in [0.2, 0.25) is 0 Å². The van der Waals surface area contributed by atoms with E-state index in [0.717, 1.165) is 5.69 Å². The lowest BCUT2D eigenvalue weighted by Gasteiger charge is -2.25. The fourth-order valence-electron chi connectivity index (χ4n) is 2.20. The van der Waals surface area contributed by atoms with Gasteiger partial charge in [-0.15, -0.1) is 0 Å². The van der Waals surface area contributed by atoms with E-state index in [0.29, 0.717) is 10.8 Å². The maximum Gasteiger partial charge on any atom is 0.199 e. The smallest absolute Gasteiger partial charge is 0.199 e. The van der Waals surface area contributed by atoms with Crippen LogP contribution in [0.5, 0.6) is 5.75 Å². The van der Waals surface area contributed by atoms with E-state index in [1.807, 2.05) is 6.07 Å². The predicted molar refractivity (Wildman–Crippen MR) is 65.9 cm³/mol. The first-order valence-corrected chi connectivity index (χ1v) is 6.81. The summed E-state index contributed by atoms with van der Waals surface area (Å²) >= 11 is 0. The standard InChI is InChI=1S/C12H11NO3S/c1-7-13-9-4-2-3-8-10(14)5-6-11(12(8)9)17(7,15)16/h2-7,13-14H,1H3. The SMILES string of the molecule is CC1Nc2cccc3c(O)ccc(c23)S1(=O)=O. The molecule has 2 aromatic rings. The first-order chi connectivity index (χ1) is 8.01. The van der Waals surface area contributed by atoms with Crippen molar-refractivity contribution >= 4 is 26.3 Å². The number of aromatic hydroxyl groups is 1. The molecule has 0 saturated heterocycles. The number of phenols is 1. The molecule has 2 N–H and O–H groups in total. The summed E-state index contributed by atoms with van der Waals surface area (Å²) in [4.78, 5) is 0.284. The number of nitrogens with one attached hydrogen (secondary N) is 1. The summed E-state index contributed by atoms with van der Waals surface area (Å²) in [6, 6.07) is 8.21. The van der Waals surface area contributed by atoms with Crippen LogP contribution in [0.3, 0.4) is 0 Å². The van der Waals surface area contributed by atoms with Gasteiger partial charge < -0.3 is 10.4 Å². The predicted octanol–water partition coefficient (Wildman–Crippen LogP) is 2.09. The molecule has 17 heavy (non-hydrogen) atoms. The zero-order valence-corrected chi connectivity index (χ0v) is 9.95. The van der Waals surface area contributed by atoms with Crippen molar-refractivity contribution in [2.45, 2.75) is 17.2 Å². The molecule has 1 aliphatic heterocycles. The number of phenolic OH excluding ortho intramolecular Hbond substituents is 1. The lowest BCUT2D eigenvalue weighted by molar-refractivity contribution is 0.481. The molecule has 2 aromatic carbocycles. The van der Waals surface area contributed by atoms with E-state index in [1.165, 1.54) is 12.1 Å². The minimum absolute atomic E-state index is 0.0946. The van der Waals surface area contributed by atoms with Crippen LogP contribution in [0.1, 0.15) is 6.92 Å². The van der Waals surface area contributed by atoms with Crippen LogP contribution < -0.4 is 5.32 Å². The van der Waals surface area contributed by atoms with E-state index < -0.39 is 15.2 Å². The van der Waals surface area contributed by atoms with Crippen LogP contribution in [-0.2, 0) is 9.84 Å². The Morgan fingerprint density at radius 2 is 2.00 bits per heavy atom. The van der Waals surface area contributed by atoms with E-state index in [-0.39, 0.29) is 10.6 Å². The van der Waals surface area contributed by atoms with Crippen molar-refractivity contribution in [3.8, 4) is 5.75 Å². The van der Waals surface area contributed by atoms with Gasteiger partial charge in [-0.2, -0.15) is 0 Å². The lowest BCUT2D eigenvalue weighted by atomic mass is 10.1. The molecule has 4 nitrogen and oxygen atoms in total. The molecule has 0 bridgehead atoms. The van der Waals surface area contributed by atoms with Crippen LogP contribution >= 0.6 is 0 Å². The number of hydrogen-bond acceptors (Lipinski definition) is 4. The summed E-state index contributed by atoms with van der Waals surface area (Å²) in [7, 11) is -3.37. The van der Waals surface area contributed by atoms with Gasteiger partial charge in [0.15, 0.2) is 9.84 Å². The third kappa shape index (κ3) is 1.26. The van der Waals surface area contributed by atoms with Crippen LogP contribution in [-0.4, -0.2) is 18.9 Å². The largest absolute Gasteiger partial charge is 0.507 e. The second-order valence-electron chi connectivity index (χ2n) is 4.14. The number of anilines is 1. The average Bonchev–Trinajstić information content (AvgIpc) is 2.28. The van der Waals surface area contributed by atoms with Gasteiger partial charge in [-0.25, -0.2) is 8.42 Å². The van der Waals surface area contributed by atoms with Crippen molar-refractivity contribution in [3.63, 3.8) is 0 Å². The highest BCUT2D eigenvalue weighted by Gasteiger charge is 2.31. The van der Waals surface area contributed by atoms with Crippen LogP contribution in [0.25, 0.3) is 10.8 Å². The molecule has 1 heterocycles. The second-order valence-corrected chi connectivity index (χ2v) is 6.38. The Labute approximate surface area is 98.8 Å². The van der Waals surface area contributed by atoms with Crippen LogP contribution in [0, 0.1) is 0 Å². The third-order valence-corrected chi connectivity index (χ3v) is 5.11. The molecule has 0 spiro atoms. The molecule has 0 radical (unpaired) electrons. The van der Waals surface area contributed by atoms with Gasteiger partial charge >= 0.3 is 0 Å². The van der Waals surface area contributed by atoms with E-state index in [9.17, 15) is 13.5 Å². The van der Waals surface area contributed by atoms with Gasteiger partial charge in [-0.05, 0) is 25.1 Å². The molecule has 0 aliphatic carbocycles. The van der Waals surface area contributed by atoms with E-state index in [1.54, 1.807) is 19.1 Å². The number of hydrogen-bond donors (Lipinski definition) is 2. The van der Waals surface area contributed by atoms with Gasteiger partial charge in [0.25, 0.3) is 0 Å². The molecule has 1 atom stereocenters. The third-order valence-electron chi connectivity index (χ3n) is 3.11. The molecule has 0 aromatic heterocycles. The summed E-state index contributed by atoms with van der Waals surface area (Å²) in [5, 5.41) is 13.2. The van der Waals surface area contributed by atoms with Gasteiger partial charge in [0.05, 0.1) is 4.90 Å². The van der Waals surface area contributed by atoms with Gasteiger partial charge in [0.1, 0.15) is 11.1 Å². The fraction of sp³-hybridized carbons (Fsp3) is 0.167. The van der Waals surface area contributed by atoms with Crippen LogP contribution in [0.2, 0.25) is 0 Å². The lowest BCUT2D eigenvalue weighted by Crippen LogP contribution is -2.30. The van der Waals surface area contributed by atoms with E-state index in [2.05, 4.69) is 5.32 Å². The summed E-state index contributed by atoms with van der Waals surface area (Å²) in [6.45, 7) is 1.62. The van der Waals surface area contributed by atoms with Gasteiger partial charge in [-0.3, -0.25) is 0 Å². The number of benzene rings is 2. The minimum Gasteiger partial charge on any atom is -0.507 e. The monoisotopic (exact) mass is 249 g/mol. The molecule has 0 fully saturated rings. The second kappa shape index (κ2) is 3.13. The molecule has 88 valence electrons. The maximum absolute atomic E-state index is 12.2. The molecule has 5 heteroatoms. The van der Waals surface area contributed by atoms with E-state index >= 15 is 0 Å². The maximum atomic E-state index is 12.2. The van der Waals surface area contributed by atoms with Crippen molar-refractivity contribution < 1.29 is 13.5 Å². The minimum atomic E-state index is -3.37. The Morgan fingerprint density at radius 3 is 2.76 bits per heavy atom. The molecule has 1 aliphatic rings. The molecule has 1 unspecified atom stereocenters. The zero-order chi connectivity index (χ0) is 12.2. The van der Waals surface area contributed by atoms with Gasteiger partial charge in [-0.1, -0.05) is 12.1 Å². The summed E-state index contributed by atoms with van der Waals surface area (Å²) in [5.74, 6) is 0.0946. The van der Waals surface area contributed by atoms with Crippen molar-refractivity contribution in [1.29, 1.82) is 0 Å². The first-order valence-electron chi connectivity index (χ1n) is 5.27. The topological polar surface area (TPSA) is 66.4 Å². The molecule has 3 rings (SSSR count). The average molecular weight is 249 g/mol. The highest BCUT2D eigenvalue weighted by molar-refractivity contribution is 7.92. The number of rotatable bonds is 0. The quantitative estimate of drug-likeness (QED) is 0.750. The van der Waals surface area contributed by atoms with Crippen molar-refractivity contribution in [2.75, 3.05) is 5.32 Å². The fourth-order valence-corrected chi connectivity index (χ4v) is 3.63. The Hall–Kier alpha value is -1.75. The highest BCUT2D eigenvalue weighted by Crippen LogP contribution is 2.40. The molecule has 0 saturated carbocycles. The van der Waals surface area contributed by atoms with Gasteiger partial charge in [0, 0.05) is 16.5 Å². The Bertz CT molecular complexity index is 722. The molecular formula is C12H11NO3S. The Morgan fingerprint density at radius 1 is 1.24 bits per heavy atom. The van der Waals surface area contributed by atoms with E-state index in [4.69, 9.17) is 0 Å². The summed E-state index contributed by atoms with van der Waals surface area (Å²) in [6.07, 6.45) is 0. The zero-order valence-electron chi connectivity index (χ0n) is 9.14. The Kier molecular flexibility index (Phi) is 1.92.